The third kappa shape index (κ3) is 2.91. The molecule has 4 nitrogen and oxygen atoms in total. The van der Waals surface area contributed by atoms with E-state index < -0.39 is 0 Å². The van der Waals surface area contributed by atoms with Crippen molar-refractivity contribution < 1.29 is 0 Å². The smallest absolute Gasteiger partial charge is 0.103 e. The summed E-state index contributed by atoms with van der Waals surface area (Å²) in [5.41, 5.74) is 8.18. The van der Waals surface area contributed by atoms with Crippen molar-refractivity contribution in [2.24, 2.45) is 12.8 Å². The van der Waals surface area contributed by atoms with E-state index in [0.717, 1.165) is 22.2 Å². The fraction of sp³-hybridized carbons (Fsp3) is 0.385. The maximum atomic E-state index is 5.90. The van der Waals surface area contributed by atoms with Crippen molar-refractivity contribution in [3.63, 3.8) is 0 Å². The fourth-order valence-electron chi connectivity index (χ4n) is 1.87. The molecular formula is C13H18N4S. The van der Waals surface area contributed by atoms with Crippen LogP contribution >= 0.6 is 11.8 Å². The number of aromatic nitrogens is 3. The fourth-order valence-corrected chi connectivity index (χ4v) is 2.86. The topological polar surface area (TPSA) is 56.7 Å². The van der Waals surface area contributed by atoms with Crippen molar-refractivity contribution in [1.29, 1.82) is 0 Å². The number of pyridine rings is 1. The van der Waals surface area contributed by atoms with Crippen LogP contribution in [0, 0.1) is 6.92 Å². The van der Waals surface area contributed by atoms with Gasteiger partial charge in [-0.25, -0.2) is 4.98 Å². The van der Waals surface area contributed by atoms with Gasteiger partial charge in [0.15, 0.2) is 0 Å². The van der Waals surface area contributed by atoms with Gasteiger partial charge in [0.1, 0.15) is 10.1 Å². The summed E-state index contributed by atoms with van der Waals surface area (Å²) in [6.45, 7) is 4.04. The van der Waals surface area contributed by atoms with Crippen molar-refractivity contribution in [2.75, 3.05) is 0 Å². The van der Waals surface area contributed by atoms with E-state index in [-0.39, 0.29) is 6.04 Å². The minimum atomic E-state index is 0.135. The molecule has 96 valence electrons. The largest absolute Gasteiger partial charge is 0.328 e. The molecule has 5 heteroatoms. The van der Waals surface area contributed by atoms with Crippen LogP contribution in [0.5, 0.6) is 0 Å². The number of hydrogen-bond donors (Lipinski definition) is 1. The van der Waals surface area contributed by atoms with E-state index in [1.54, 1.807) is 18.0 Å². The molecule has 1 unspecified atom stereocenters. The Labute approximate surface area is 112 Å². The predicted octanol–water partition coefficient (Wildman–Crippen LogP) is 2.16. The molecule has 2 N–H and O–H groups in total. The maximum Gasteiger partial charge on any atom is 0.103 e. The number of nitrogens with zero attached hydrogens (tertiary/aromatic N) is 3. The highest BCUT2D eigenvalue weighted by atomic mass is 32.2. The number of aryl methyl sites for hydroxylation is 2. The molecule has 2 rings (SSSR count). The normalized spacial score (nSPS) is 12.7. The second kappa shape index (κ2) is 5.54. The Hall–Kier alpha value is -1.33. The molecule has 0 fully saturated rings. The maximum absolute atomic E-state index is 5.90. The Morgan fingerprint density at radius 2 is 2.22 bits per heavy atom. The Balaban J connectivity index is 2.32. The zero-order valence-corrected chi connectivity index (χ0v) is 11.7. The van der Waals surface area contributed by atoms with E-state index >= 15 is 0 Å². The molecule has 2 aromatic heterocycles. The molecule has 0 aliphatic rings. The van der Waals surface area contributed by atoms with Gasteiger partial charge in [0.25, 0.3) is 0 Å². The summed E-state index contributed by atoms with van der Waals surface area (Å²) in [5.74, 6) is 0. The average Bonchev–Trinajstić information content (AvgIpc) is 2.57. The molecule has 0 saturated heterocycles. The van der Waals surface area contributed by atoms with Gasteiger partial charge in [-0.1, -0.05) is 17.8 Å². The minimum absolute atomic E-state index is 0.135. The highest BCUT2D eigenvalue weighted by molar-refractivity contribution is 7.99. The van der Waals surface area contributed by atoms with Crippen molar-refractivity contribution in [3.8, 4) is 0 Å². The lowest BCUT2D eigenvalue weighted by Gasteiger charge is -2.08. The first-order chi connectivity index (χ1) is 8.58. The van der Waals surface area contributed by atoms with Crippen LogP contribution in [0.15, 0.2) is 34.4 Å². The molecular weight excluding hydrogens is 244 g/mol. The molecule has 2 heterocycles. The van der Waals surface area contributed by atoms with Crippen LogP contribution < -0.4 is 5.73 Å². The highest BCUT2D eigenvalue weighted by Crippen LogP contribution is 2.30. The van der Waals surface area contributed by atoms with Gasteiger partial charge in [0.2, 0.25) is 0 Å². The van der Waals surface area contributed by atoms with Gasteiger partial charge in [-0.3, -0.25) is 4.68 Å². The van der Waals surface area contributed by atoms with Crippen LogP contribution in [0.2, 0.25) is 0 Å². The molecule has 0 aliphatic carbocycles. The Bertz CT molecular complexity index is 519. The quantitative estimate of drug-likeness (QED) is 0.917. The molecule has 18 heavy (non-hydrogen) atoms. The van der Waals surface area contributed by atoms with E-state index in [9.17, 15) is 0 Å². The van der Waals surface area contributed by atoms with Crippen LogP contribution in [0.3, 0.4) is 0 Å². The summed E-state index contributed by atoms with van der Waals surface area (Å²) in [5, 5.41) is 6.58. The monoisotopic (exact) mass is 262 g/mol. The van der Waals surface area contributed by atoms with Gasteiger partial charge in [-0.2, -0.15) is 5.10 Å². The molecule has 1 atom stereocenters. The second-order valence-electron chi connectivity index (χ2n) is 4.44. The van der Waals surface area contributed by atoms with Gasteiger partial charge in [-0.15, -0.1) is 0 Å². The third-order valence-corrected chi connectivity index (χ3v) is 3.81. The lowest BCUT2D eigenvalue weighted by Crippen LogP contribution is -2.18. The summed E-state index contributed by atoms with van der Waals surface area (Å²) in [4.78, 5) is 4.34. The second-order valence-corrected chi connectivity index (χ2v) is 5.45. The summed E-state index contributed by atoms with van der Waals surface area (Å²) in [6.07, 6.45) is 2.64. The molecule has 0 saturated carbocycles. The number of nitrogens with two attached hydrogens (primary N) is 1. The Morgan fingerprint density at radius 1 is 1.44 bits per heavy atom. The van der Waals surface area contributed by atoms with Gasteiger partial charge >= 0.3 is 0 Å². The van der Waals surface area contributed by atoms with Crippen LogP contribution in [0.25, 0.3) is 0 Å². The van der Waals surface area contributed by atoms with E-state index in [0.29, 0.717) is 0 Å². The molecule has 0 aliphatic heterocycles. The van der Waals surface area contributed by atoms with Crippen molar-refractivity contribution in [3.05, 3.63) is 35.7 Å². The number of rotatable bonds is 4. The highest BCUT2D eigenvalue weighted by Gasteiger charge is 2.16. The summed E-state index contributed by atoms with van der Waals surface area (Å²) in [6, 6.07) is 6.05. The molecule has 0 spiro atoms. The first-order valence-corrected chi connectivity index (χ1v) is 6.76. The van der Waals surface area contributed by atoms with Crippen molar-refractivity contribution in [2.45, 2.75) is 36.4 Å². The van der Waals surface area contributed by atoms with Gasteiger partial charge < -0.3 is 5.73 Å². The van der Waals surface area contributed by atoms with Crippen LogP contribution in [0.1, 0.15) is 18.2 Å². The Morgan fingerprint density at radius 3 is 2.83 bits per heavy atom. The summed E-state index contributed by atoms with van der Waals surface area (Å²) < 4.78 is 1.91. The van der Waals surface area contributed by atoms with Crippen molar-refractivity contribution in [1.82, 2.24) is 14.8 Å². The first-order valence-electron chi connectivity index (χ1n) is 5.95. The van der Waals surface area contributed by atoms with Crippen LogP contribution in [-0.2, 0) is 13.5 Å². The molecule has 0 bridgehead atoms. The SMILES string of the molecule is Cc1nn(C)c(Sc2ccccn2)c1CC(C)N. The van der Waals surface area contributed by atoms with E-state index in [4.69, 9.17) is 5.73 Å². The van der Waals surface area contributed by atoms with Crippen LogP contribution in [-0.4, -0.2) is 20.8 Å². The van der Waals surface area contributed by atoms with Gasteiger partial charge in [0.05, 0.1) is 5.69 Å². The predicted molar refractivity (Wildman–Crippen MR) is 73.7 cm³/mol. The van der Waals surface area contributed by atoms with Gasteiger partial charge in [-0.05, 0) is 32.4 Å². The first kappa shape index (κ1) is 13.1. The van der Waals surface area contributed by atoms with E-state index in [1.807, 2.05) is 43.8 Å². The zero-order chi connectivity index (χ0) is 13.1. The minimum Gasteiger partial charge on any atom is -0.328 e. The summed E-state index contributed by atoms with van der Waals surface area (Å²) in [7, 11) is 1.96. The van der Waals surface area contributed by atoms with Gasteiger partial charge in [0, 0.05) is 24.8 Å². The molecule has 0 radical (unpaired) electrons. The third-order valence-electron chi connectivity index (χ3n) is 2.65. The van der Waals surface area contributed by atoms with Crippen molar-refractivity contribution >= 4 is 11.8 Å². The zero-order valence-electron chi connectivity index (χ0n) is 10.9. The standard InChI is InChI=1S/C13H18N4S/c1-9(14)8-11-10(2)16-17(3)13(11)18-12-6-4-5-7-15-12/h4-7,9H,8,14H2,1-3H3. The molecule has 2 aromatic rings. The lowest BCUT2D eigenvalue weighted by atomic mass is 10.1. The molecule has 0 amide bonds. The van der Waals surface area contributed by atoms with E-state index in [2.05, 4.69) is 10.1 Å². The lowest BCUT2D eigenvalue weighted by molar-refractivity contribution is 0.677. The molecule has 0 aromatic carbocycles. The van der Waals surface area contributed by atoms with E-state index in [1.165, 1.54) is 5.56 Å². The number of hydrogen-bond acceptors (Lipinski definition) is 4. The van der Waals surface area contributed by atoms with Crippen LogP contribution in [0.4, 0.5) is 0 Å². The summed E-state index contributed by atoms with van der Waals surface area (Å²) >= 11 is 1.64. The average molecular weight is 262 g/mol. The Kier molecular flexibility index (Phi) is 4.04.